The number of rotatable bonds is 3. The van der Waals surface area contributed by atoms with Crippen LogP contribution in [0.15, 0.2) is 47.4 Å². The van der Waals surface area contributed by atoms with E-state index in [9.17, 15) is 32.3 Å². The number of hydrogen-bond acceptors (Lipinski definition) is 4. The number of amides is 1. The second-order valence-electron chi connectivity index (χ2n) is 8.18. The molecule has 2 aromatic carbocycles. The maximum atomic E-state index is 14.2. The lowest BCUT2D eigenvalue weighted by Gasteiger charge is -2.42. The van der Waals surface area contributed by atoms with E-state index >= 15 is 0 Å². The van der Waals surface area contributed by atoms with E-state index in [-0.39, 0.29) is 11.3 Å². The van der Waals surface area contributed by atoms with Crippen molar-refractivity contribution in [1.82, 2.24) is 14.7 Å². The fourth-order valence-corrected chi connectivity index (χ4v) is 4.99. The Morgan fingerprint density at radius 3 is 2.45 bits per heavy atom. The topological polar surface area (TPSA) is 75.4 Å². The van der Waals surface area contributed by atoms with Crippen molar-refractivity contribution in [3.8, 4) is 5.75 Å². The van der Waals surface area contributed by atoms with Gasteiger partial charge in [-0.3, -0.25) is 14.3 Å². The van der Waals surface area contributed by atoms with Crippen LogP contribution in [0, 0.1) is 23.3 Å². The normalized spacial score (nSPS) is 20.5. The maximum absolute atomic E-state index is 14.2. The molecule has 0 saturated carbocycles. The Balaban J connectivity index is 1.81. The predicted molar refractivity (Wildman–Crippen MR) is 108 cm³/mol. The molecule has 0 radical (unpaired) electrons. The number of carbonyl (C=O) groups excluding carboxylic acids is 1. The van der Waals surface area contributed by atoms with Gasteiger partial charge >= 0.3 is 0 Å². The van der Waals surface area contributed by atoms with Crippen molar-refractivity contribution in [3.05, 3.63) is 92.9 Å². The van der Waals surface area contributed by atoms with E-state index < -0.39 is 58.4 Å². The molecule has 170 valence electrons. The number of aromatic hydroxyl groups is 1. The summed E-state index contributed by atoms with van der Waals surface area (Å²) in [7, 11) is 0. The van der Waals surface area contributed by atoms with Crippen LogP contribution in [0.3, 0.4) is 0 Å². The second kappa shape index (κ2) is 7.72. The van der Waals surface area contributed by atoms with Crippen molar-refractivity contribution in [3.63, 3.8) is 0 Å². The average molecular weight is 459 g/mol. The second-order valence-corrected chi connectivity index (χ2v) is 8.18. The molecule has 0 aliphatic carbocycles. The highest BCUT2D eigenvalue weighted by Crippen LogP contribution is 2.46. The number of benzene rings is 2. The van der Waals surface area contributed by atoms with Gasteiger partial charge in [0.25, 0.3) is 5.91 Å². The van der Waals surface area contributed by atoms with Crippen LogP contribution in [-0.4, -0.2) is 38.3 Å². The fourth-order valence-electron chi connectivity index (χ4n) is 4.99. The summed E-state index contributed by atoms with van der Waals surface area (Å²) in [6.07, 6.45) is 1.95. The molecule has 2 aliphatic rings. The van der Waals surface area contributed by atoms with E-state index in [1.54, 1.807) is 6.07 Å². The molecule has 1 N–H and O–H groups in total. The zero-order chi connectivity index (χ0) is 23.4. The van der Waals surface area contributed by atoms with E-state index in [0.29, 0.717) is 24.9 Å². The van der Waals surface area contributed by atoms with E-state index in [1.807, 2.05) is 0 Å². The van der Waals surface area contributed by atoms with E-state index in [4.69, 9.17) is 0 Å². The zero-order valence-electron chi connectivity index (χ0n) is 17.0. The van der Waals surface area contributed by atoms with Crippen LogP contribution in [0.5, 0.6) is 5.75 Å². The van der Waals surface area contributed by atoms with Gasteiger partial charge in [0.05, 0.1) is 18.3 Å². The predicted octanol–water partition coefficient (Wildman–Crippen LogP) is 3.50. The smallest absolute Gasteiger partial charge is 0.276 e. The van der Waals surface area contributed by atoms with Gasteiger partial charge in [0.1, 0.15) is 5.82 Å². The fraction of sp³-hybridized carbons (Fsp3) is 0.261. The molecule has 0 bridgehead atoms. The number of fused-ring (bicyclic) bond motifs is 2. The lowest BCUT2D eigenvalue weighted by Crippen LogP contribution is -2.50. The lowest BCUT2D eigenvalue weighted by atomic mass is 9.79. The number of aromatic nitrogens is 2. The van der Waals surface area contributed by atoms with Crippen molar-refractivity contribution < 1.29 is 27.5 Å². The minimum Gasteiger partial charge on any atom is -0.502 e. The van der Waals surface area contributed by atoms with Crippen LogP contribution in [-0.2, 0) is 0 Å². The maximum Gasteiger partial charge on any atom is 0.276 e. The van der Waals surface area contributed by atoms with Crippen molar-refractivity contribution in [2.75, 3.05) is 6.54 Å². The number of hydrogen-bond donors (Lipinski definition) is 1. The Kier molecular flexibility index (Phi) is 4.95. The van der Waals surface area contributed by atoms with E-state index in [0.717, 1.165) is 18.3 Å². The molecule has 0 spiro atoms. The Hall–Kier alpha value is -3.69. The highest BCUT2D eigenvalue weighted by Gasteiger charge is 2.48. The summed E-state index contributed by atoms with van der Waals surface area (Å²) in [5, 5.41) is 14.5. The van der Waals surface area contributed by atoms with Crippen molar-refractivity contribution in [1.29, 1.82) is 0 Å². The standard InChI is InChI=1S/C23H17F4N3O3/c24-13-4-1-3-11(7-13)18(12-8-14(25)19(27)15(26)9-12)20-16-5-2-6-29(16)23(33)21-22(32)17(31)10-28-30(20)21/h1,3-4,7-10,16,18,20,32H,2,5-6H2/t16-,18-,20-/m1/s1. The van der Waals surface area contributed by atoms with Crippen LogP contribution < -0.4 is 5.43 Å². The van der Waals surface area contributed by atoms with Gasteiger partial charge in [-0.15, -0.1) is 0 Å². The van der Waals surface area contributed by atoms with Gasteiger partial charge in [-0.2, -0.15) is 5.10 Å². The summed E-state index contributed by atoms with van der Waals surface area (Å²) in [5.74, 6) is -7.46. The Bertz CT molecular complexity index is 1320. The van der Waals surface area contributed by atoms with Crippen LogP contribution in [0.2, 0.25) is 0 Å². The molecular formula is C23H17F4N3O3. The highest BCUT2D eigenvalue weighted by molar-refractivity contribution is 5.96. The number of carbonyl (C=O) groups is 1. The molecule has 0 unspecified atom stereocenters. The molecular weight excluding hydrogens is 442 g/mol. The highest BCUT2D eigenvalue weighted by atomic mass is 19.2. The van der Waals surface area contributed by atoms with E-state index in [1.165, 1.54) is 27.8 Å². The summed E-state index contributed by atoms with van der Waals surface area (Å²) in [6, 6.07) is 5.62. The van der Waals surface area contributed by atoms with Crippen molar-refractivity contribution in [2.45, 2.75) is 30.8 Å². The van der Waals surface area contributed by atoms with Crippen molar-refractivity contribution in [2.24, 2.45) is 0 Å². The largest absolute Gasteiger partial charge is 0.502 e. The summed E-state index contributed by atoms with van der Waals surface area (Å²) < 4.78 is 57.6. The third-order valence-corrected chi connectivity index (χ3v) is 6.34. The average Bonchev–Trinajstić information content (AvgIpc) is 3.27. The number of nitrogens with zero attached hydrogens (tertiary/aromatic N) is 3. The molecule has 1 aromatic heterocycles. The zero-order valence-corrected chi connectivity index (χ0v) is 17.0. The molecule has 6 nitrogen and oxygen atoms in total. The third-order valence-electron chi connectivity index (χ3n) is 6.34. The Morgan fingerprint density at radius 1 is 1.03 bits per heavy atom. The van der Waals surface area contributed by atoms with Crippen LogP contribution in [0.1, 0.15) is 46.4 Å². The molecule has 3 atom stereocenters. The van der Waals surface area contributed by atoms with Gasteiger partial charge in [0.2, 0.25) is 5.43 Å². The van der Waals surface area contributed by atoms with Crippen molar-refractivity contribution >= 4 is 5.91 Å². The van der Waals surface area contributed by atoms with Gasteiger partial charge in [-0.25, -0.2) is 17.6 Å². The molecule has 5 rings (SSSR count). The third kappa shape index (κ3) is 3.28. The van der Waals surface area contributed by atoms with E-state index in [2.05, 4.69) is 5.10 Å². The first-order valence-electron chi connectivity index (χ1n) is 10.3. The van der Waals surface area contributed by atoms with Gasteiger partial charge < -0.3 is 10.0 Å². The van der Waals surface area contributed by atoms with Crippen LogP contribution in [0.25, 0.3) is 0 Å². The molecule has 1 amide bonds. The first-order valence-corrected chi connectivity index (χ1v) is 10.3. The minimum absolute atomic E-state index is 0.00543. The summed E-state index contributed by atoms with van der Waals surface area (Å²) in [4.78, 5) is 26.6. The Morgan fingerprint density at radius 2 is 1.76 bits per heavy atom. The van der Waals surface area contributed by atoms with Gasteiger partial charge in [-0.1, -0.05) is 12.1 Å². The minimum atomic E-state index is -1.64. The quantitative estimate of drug-likeness (QED) is 0.481. The molecule has 1 saturated heterocycles. The first kappa shape index (κ1) is 21.2. The molecule has 10 heteroatoms. The van der Waals surface area contributed by atoms with Crippen LogP contribution >= 0.6 is 0 Å². The summed E-state index contributed by atoms with van der Waals surface area (Å²) in [5.41, 5.74) is -0.908. The first-order chi connectivity index (χ1) is 15.8. The monoisotopic (exact) mass is 459 g/mol. The molecule has 33 heavy (non-hydrogen) atoms. The summed E-state index contributed by atoms with van der Waals surface area (Å²) >= 11 is 0. The number of halogens is 4. The summed E-state index contributed by atoms with van der Waals surface area (Å²) in [6.45, 7) is 0.338. The molecule has 3 aromatic rings. The van der Waals surface area contributed by atoms with Gasteiger partial charge in [-0.05, 0) is 48.2 Å². The molecule has 1 fully saturated rings. The van der Waals surface area contributed by atoms with Gasteiger partial charge in [0, 0.05) is 12.5 Å². The Labute approximate surface area is 184 Å². The molecule has 2 aliphatic heterocycles. The lowest BCUT2D eigenvalue weighted by molar-refractivity contribution is 0.0564. The SMILES string of the molecule is O=C1c2c(O)c(=O)cnn2[C@@H]([C@H](c2cccc(F)c2)c2cc(F)c(F)c(F)c2)[C@H]2CCCN12. The van der Waals surface area contributed by atoms with Crippen LogP contribution in [0.4, 0.5) is 17.6 Å². The van der Waals surface area contributed by atoms with Gasteiger partial charge in [0.15, 0.2) is 28.9 Å². The molecule has 3 heterocycles.